The number of halogens is 1. The van der Waals surface area contributed by atoms with Gasteiger partial charge in [0.2, 0.25) is 0 Å². The zero-order valence-corrected chi connectivity index (χ0v) is 10.7. The van der Waals surface area contributed by atoms with Gasteiger partial charge in [0.25, 0.3) is 5.91 Å². The third kappa shape index (κ3) is 3.23. The third-order valence-electron chi connectivity index (χ3n) is 2.42. The lowest BCUT2D eigenvalue weighted by molar-refractivity contribution is -0.140. The number of nitrogens with zero attached hydrogens (tertiary/aromatic N) is 1. The Hall–Kier alpha value is -1.49. The average Bonchev–Trinajstić information content (AvgIpc) is 2.53. The molecule has 0 spiro atoms. The van der Waals surface area contributed by atoms with Gasteiger partial charge in [-0.05, 0) is 12.0 Å². The van der Waals surface area contributed by atoms with Crippen LogP contribution < -0.4 is 5.32 Å². The normalized spacial score (nSPS) is 12.5. The minimum Gasteiger partial charge on any atom is -0.480 e. The average molecular weight is 259 g/mol. The lowest BCUT2D eigenvalue weighted by atomic mass is 10.0. The zero-order chi connectivity index (χ0) is 13.2. The van der Waals surface area contributed by atoms with E-state index in [1.54, 1.807) is 31.7 Å². The van der Waals surface area contributed by atoms with Gasteiger partial charge in [-0.15, -0.1) is 0 Å². The van der Waals surface area contributed by atoms with Crippen molar-refractivity contribution in [2.75, 3.05) is 0 Å². The van der Waals surface area contributed by atoms with E-state index in [0.29, 0.717) is 10.7 Å². The molecule has 1 aromatic heterocycles. The van der Waals surface area contributed by atoms with E-state index in [4.69, 9.17) is 16.7 Å². The number of rotatable bonds is 4. The molecule has 1 atom stereocenters. The highest BCUT2D eigenvalue weighted by molar-refractivity contribution is 6.31. The summed E-state index contributed by atoms with van der Waals surface area (Å²) in [4.78, 5) is 22.8. The molecule has 6 heteroatoms. The fourth-order valence-electron chi connectivity index (χ4n) is 1.48. The summed E-state index contributed by atoms with van der Waals surface area (Å²) in [5.74, 6) is -1.68. The first kappa shape index (κ1) is 13.6. The molecule has 0 unspecified atom stereocenters. The van der Waals surface area contributed by atoms with Gasteiger partial charge < -0.3 is 15.0 Å². The minimum atomic E-state index is -1.05. The molecule has 94 valence electrons. The SMILES string of the molecule is CC(C)[C@H](NC(=O)c1cc(Cl)cn1C)C(=O)O. The molecule has 0 aliphatic heterocycles. The van der Waals surface area contributed by atoms with E-state index in [9.17, 15) is 9.59 Å². The Morgan fingerprint density at radius 3 is 2.41 bits per heavy atom. The number of aromatic nitrogens is 1. The summed E-state index contributed by atoms with van der Waals surface area (Å²) >= 11 is 5.75. The highest BCUT2D eigenvalue weighted by atomic mass is 35.5. The van der Waals surface area contributed by atoms with Crippen LogP contribution in [0.25, 0.3) is 0 Å². The number of amides is 1. The summed E-state index contributed by atoms with van der Waals surface area (Å²) in [5, 5.41) is 11.9. The number of nitrogens with one attached hydrogen (secondary N) is 1. The van der Waals surface area contributed by atoms with E-state index in [0.717, 1.165) is 0 Å². The van der Waals surface area contributed by atoms with Crippen LogP contribution in [0.15, 0.2) is 12.3 Å². The number of hydrogen-bond acceptors (Lipinski definition) is 2. The first-order chi connectivity index (χ1) is 7.82. The van der Waals surface area contributed by atoms with Crippen LogP contribution in [-0.2, 0) is 11.8 Å². The van der Waals surface area contributed by atoms with Gasteiger partial charge in [-0.3, -0.25) is 4.79 Å². The number of carboxylic acids is 1. The highest BCUT2D eigenvalue weighted by Crippen LogP contribution is 2.13. The molecule has 17 heavy (non-hydrogen) atoms. The van der Waals surface area contributed by atoms with Crippen LogP contribution in [-0.4, -0.2) is 27.6 Å². The van der Waals surface area contributed by atoms with E-state index in [2.05, 4.69) is 5.32 Å². The maximum atomic E-state index is 11.8. The monoisotopic (exact) mass is 258 g/mol. The molecule has 1 aromatic rings. The lowest BCUT2D eigenvalue weighted by Crippen LogP contribution is -2.44. The van der Waals surface area contributed by atoms with Crippen molar-refractivity contribution in [3.05, 3.63) is 23.0 Å². The fraction of sp³-hybridized carbons (Fsp3) is 0.455. The molecule has 5 nitrogen and oxygen atoms in total. The zero-order valence-electron chi connectivity index (χ0n) is 9.90. The predicted molar refractivity (Wildman–Crippen MR) is 64.2 cm³/mol. The van der Waals surface area contributed by atoms with Crippen LogP contribution in [0.2, 0.25) is 5.02 Å². The van der Waals surface area contributed by atoms with Crippen molar-refractivity contribution in [3.8, 4) is 0 Å². The van der Waals surface area contributed by atoms with Crippen LogP contribution in [0.4, 0.5) is 0 Å². The third-order valence-corrected chi connectivity index (χ3v) is 2.63. The number of aliphatic carboxylic acids is 1. The Balaban J connectivity index is 2.85. The molecular formula is C11H15ClN2O3. The van der Waals surface area contributed by atoms with Gasteiger partial charge >= 0.3 is 5.97 Å². The molecule has 1 rings (SSSR count). The van der Waals surface area contributed by atoms with Crippen molar-refractivity contribution in [1.29, 1.82) is 0 Å². The van der Waals surface area contributed by atoms with Crippen molar-refractivity contribution in [2.45, 2.75) is 19.9 Å². The summed E-state index contributed by atoms with van der Waals surface area (Å²) in [6.07, 6.45) is 1.58. The second-order valence-electron chi connectivity index (χ2n) is 4.19. The summed E-state index contributed by atoms with van der Waals surface area (Å²) in [6, 6.07) is 0.590. The van der Waals surface area contributed by atoms with Gasteiger partial charge in [0.15, 0.2) is 0 Å². The molecule has 0 saturated heterocycles. The first-order valence-electron chi connectivity index (χ1n) is 5.18. The summed E-state index contributed by atoms with van der Waals surface area (Å²) in [6.45, 7) is 3.47. The molecule has 0 aliphatic rings. The van der Waals surface area contributed by atoms with E-state index in [-0.39, 0.29) is 5.92 Å². The van der Waals surface area contributed by atoms with Crippen LogP contribution in [0.3, 0.4) is 0 Å². The maximum absolute atomic E-state index is 11.8. The second-order valence-corrected chi connectivity index (χ2v) is 4.62. The lowest BCUT2D eigenvalue weighted by Gasteiger charge is -2.17. The molecule has 0 fully saturated rings. The summed E-state index contributed by atoms with van der Waals surface area (Å²) in [7, 11) is 1.67. The Labute approximate surface area is 104 Å². The topological polar surface area (TPSA) is 71.3 Å². The Kier molecular flexibility index (Phi) is 4.17. The summed E-state index contributed by atoms with van der Waals surface area (Å²) in [5.41, 5.74) is 0.335. The Morgan fingerprint density at radius 1 is 1.47 bits per heavy atom. The number of carboxylic acid groups (broad SMARTS) is 1. The first-order valence-corrected chi connectivity index (χ1v) is 5.56. The number of carbonyl (C=O) groups is 2. The minimum absolute atomic E-state index is 0.188. The van der Waals surface area contributed by atoms with Gasteiger partial charge in [-0.1, -0.05) is 25.4 Å². The van der Waals surface area contributed by atoms with Crippen LogP contribution >= 0.6 is 11.6 Å². The molecule has 2 N–H and O–H groups in total. The van der Waals surface area contributed by atoms with E-state index >= 15 is 0 Å². The number of carbonyl (C=O) groups excluding carboxylic acids is 1. The second kappa shape index (κ2) is 5.23. The highest BCUT2D eigenvalue weighted by Gasteiger charge is 2.24. The molecule has 0 aliphatic carbocycles. The Morgan fingerprint density at radius 2 is 2.06 bits per heavy atom. The van der Waals surface area contributed by atoms with Gasteiger partial charge in [0.1, 0.15) is 11.7 Å². The van der Waals surface area contributed by atoms with E-state index in [1.807, 2.05) is 0 Å². The predicted octanol–water partition coefficient (Wildman–Crippen LogP) is 1.52. The van der Waals surface area contributed by atoms with Crippen molar-refractivity contribution in [2.24, 2.45) is 13.0 Å². The molecule has 1 heterocycles. The molecular weight excluding hydrogens is 244 g/mol. The van der Waals surface area contributed by atoms with E-state index < -0.39 is 17.9 Å². The van der Waals surface area contributed by atoms with Crippen LogP contribution in [0, 0.1) is 5.92 Å². The van der Waals surface area contributed by atoms with E-state index in [1.165, 1.54) is 6.07 Å². The number of aryl methyl sites for hydroxylation is 1. The van der Waals surface area contributed by atoms with Gasteiger partial charge in [0.05, 0.1) is 5.02 Å². The van der Waals surface area contributed by atoms with Crippen molar-refractivity contribution < 1.29 is 14.7 Å². The van der Waals surface area contributed by atoms with Crippen molar-refractivity contribution in [3.63, 3.8) is 0 Å². The fourth-order valence-corrected chi connectivity index (χ4v) is 1.73. The standard InChI is InChI=1S/C11H15ClN2O3/c1-6(2)9(11(16)17)13-10(15)8-4-7(12)5-14(8)3/h4-6,9H,1-3H3,(H,13,15)(H,16,17)/t9-/m0/s1. The largest absolute Gasteiger partial charge is 0.480 e. The van der Waals surface area contributed by atoms with Crippen LogP contribution in [0.1, 0.15) is 24.3 Å². The number of hydrogen-bond donors (Lipinski definition) is 2. The van der Waals surface area contributed by atoms with Crippen LogP contribution in [0.5, 0.6) is 0 Å². The maximum Gasteiger partial charge on any atom is 0.326 e. The molecule has 0 aromatic carbocycles. The quantitative estimate of drug-likeness (QED) is 0.860. The molecule has 0 radical (unpaired) electrons. The smallest absolute Gasteiger partial charge is 0.326 e. The van der Waals surface area contributed by atoms with Crippen molar-refractivity contribution in [1.82, 2.24) is 9.88 Å². The molecule has 0 saturated carbocycles. The van der Waals surface area contributed by atoms with Gasteiger partial charge in [-0.25, -0.2) is 4.79 Å². The molecule has 1 amide bonds. The molecule has 0 bridgehead atoms. The Bertz CT molecular complexity index is 440. The van der Waals surface area contributed by atoms with Gasteiger partial charge in [0, 0.05) is 13.2 Å². The van der Waals surface area contributed by atoms with Gasteiger partial charge in [-0.2, -0.15) is 0 Å². The van der Waals surface area contributed by atoms with Crippen molar-refractivity contribution >= 4 is 23.5 Å². The summed E-state index contributed by atoms with van der Waals surface area (Å²) < 4.78 is 1.55.